The van der Waals surface area contributed by atoms with E-state index in [-0.39, 0.29) is 38.8 Å². The normalized spacial score (nSPS) is 18.4. The van der Waals surface area contributed by atoms with Gasteiger partial charge in [-0.15, -0.1) is 24.0 Å². The molecule has 0 aromatic heterocycles. The summed E-state index contributed by atoms with van der Waals surface area (Å²) in [5.41, 5.74) is 4.79. The molecule has 1 aromatic rings. The largest absolute Gasteiger partial charge is 0.493 e. The van der Waals surface area contributed by atoms with Crippen molar-refractivity contribution < 1.29 is 19.0 Å². The fourth-order valence-electron chi connectivity index (χ4n) is 5.36. The Kier molecular flexibility index (Phi) is 18.6. The summed E-state index contributed by atoms with van der Waals surface area (Å²) in [5, 5.41) is 1.07. The number of halogens is 1. The van der Waals surface area contributed by atoms with E-state index >= 15 is 0 Å². The third-order valence-electron chi connectivity index (χ3n) is 7.20. The van der Waals surface area contributed by atoms with E-state index in [1.54, 1.807) is 21.3 Å². The fourth-order valence-corrected chi connectivity index (χ4v) is 6.43. The molecule has 41 heavy (non-hydrogen) atoms. The summed E-state index contributed by atoms with van der Waals surface area (Å²) in [7, 11) is 7.20. The van der Waals surface area contributed by atoms with Crippen molar-refractivity contribution in [1.82, 2.24) is 14.7 Å². The molecular formula is C31H53IN4O4S. The average Bonchev–Trinajstić information content (AvgIpc) is 2.92. The summed E-state index contributed by atoms with van der Waals surface area (Å²) in [5.74, 6) is 3.47. The maximum absolute atomic E-state index is 8.00. The van der Waals surface area contributed by atoms with Gasteiger partial charge in [-0.25, -0.2) is 4.99 Å². The molecule has 2 heterocycles. The molecule has 0 N–H and O–H groups in total. The van der Waals surface area contributed by atoms with Gasteiger partial charge in [0.15, 0.2) is 16.7 Å². The number of aliphatic imine (C=N–C) groups is 1. The predicted molar refractivity (Wildman–Crippen MR) is 186 cm³/mol. The highest BCUT2D eigenvalue weighted by Crippen LogP contribution is 2.49. The number of allylic oxidation sites excluding steroid dienone is 4. The smallest absolute Gasteiger partial charge is 0.205 e. The zero-order valence-corrected chi connectivity index (χ0v) is 27.5. The van der Waals surface area contributed by atoms with Crippen LogP contribution < -0.4 is 14.2 Å². The van der Waals surface area contributed by atoms with Crippen LogP contribution in [0.5, 0.6) is 17.2 Å². The molecule has 3 aliphatic rings. The lowest BCUT2D eigenvalue weighted by Crippen LogP contribution is -2.45. The van der Waals surface area contributed by atoms with Gasteiger partial charge in [-0.1, -0.05) is 49.9 Å². The molecule has 234 valence electrons. The number of thioether (sulfide) groups is 1. The molecule has 0 amide bonds. The first-order valence-electron chi connectivity index (χ1n) is 13.3. The Labute approximate surface area is 270 Å². The number of nitrogens with zero attached hydrogens (tertiary/aromatic N) is 4. The van der Waals surface area contributed by atoms with Gasteiger partial charge in [-0.2, -0.15) is 0 Å². The molecule has 1 saturated heterocycles. The van der Waals surface area contributed by atoms with E-state index in [9.17, 15) is 0 Å². The summed E-state index contributed by atoms with van der Waals surface area (Å²) in [6.07, 6.45) is 6.94. The van der Waals surface area contributed by atoms with Gasteiger partial charge in [0, 0.05) is 50.6 Å². The SMILES string of the molecule is C.C.C=O.COc1cc2c(c(OC)c1OC)N=C(SCC1C=C(C)C=C(C)C1)N(CCCN1CCN(C)CC1)C2.I. The first kappa shape index (κ1) is 39.2. The number of rotatable bonds is 9. The molecule has 0 radical (unpaired) electrons. The zero-order chi connectivity index (χ0) is 27.7. The second-order valence-electron chi connectivity index (χ2n) is 10.1. The van der Waals surface area contributed by atoms with Gasteiger partial charge in [0.2, 0.25) is 5.75 Å². The molecule has 10 heteroatoms. The van der Waals surface area contributed by atoms with Crippen molar-refractivity contribution >= 4 is 53.4 Å². The van der Waals surface area contributed by atoms with Gasteiger partial charge in [0.1, 0.15) is 12.5 Å². The topological polar surface area (TPSA) is 66.8 Å². The van der Waals surface area contributed by atoms with Crippen LogP contribution in [0, 0.1) is 5.92 Å². The number of hydrogen-bond donors (Lipinski definition) is 0. The minimum atomic E-state index is 0. The van der Waals surface area contributed by atoms with Crippen LogP contribution in [0.25, 0.3) is 0 Å². The molecule has 0 bridgehead atoms. The van der Waals surface area contributed by atoms with Gasteiger partial charge >= 0.3 is 0 Å². The van der Waals surface area contributed by atoms with E-state index in [2.05, 4.69) is 53.8 Å². The van der Waals surface area contributed by atoms with Crippen molar-refractivity contribution in [2.45, 2.75) is 48.1 Å². The number of amidine groups is 1. The van der Waals surface area contributed by atoms with Crippen LogP contribution in [0.1, 0.15) is 47.1 Å². The van der Waals surface area contributed by atoms with Crippen LogP contribution >= 0.6 is 35.7 Å². The molecule has 1 unspecified atom stereocenters. The molecule has 1 aliphatic carbocycles. The third-order valence-corrected chi connectivity index (χ3v) is 8.41. The molecule has 0 saturated carbocycles. The van der Waals surface area contributed by atoms with Crippen molar-refractivity contribution in [1.29, 1.82) is 0 Å². The summed E-state index contributed by atoms with van der Waals surface area (Å²) < 4.78 is 17.1. The number of fused-ring (bicyclic) bond motifs is 1. The second kappa shape index (κ2) is 19.4. The molecule has 8 nitrogen and oxygen atoms in total. The summed E-state index contributed by atoms with van der Waals surface area (Å²) in [6.45, 7) is 14.0. The Morgan fingerprint density at radius 3 is 2.24 bits per heavy atom. The van der Waals surface area contributed by atoms with Gasteiger partial charge in [0.05, 0.1) is 21.3 Å². The van der Waals surface area contributed by atoms with Crippen LogP contribution in [0.3, 0.4) is 0 Å². The number of piperazine rings is 1. The van der Waals surface area contributed by atoms with Crippen LogP contribution in [0.15, 0.2) is 34.4 Å². The highest BCUT2D eigenvalue weighted by molar-refractivity contribution is 14.0. The molecule has 1 aromatic carbocycles. The molecular weight excluding hydrogens is 651 g/mol. The van der Waals surface area contributed by atoms with Crippen molar-refractivity contribution in [3.63, 3.8) is 0 Å². The monoisotopic (exact) mass is 704 g/mol. The van der Waals surface area contributed by atoms with Crippen molar-refractivity contribution in [2.75, 3.05) is 73.4 Å². The zero-order valence-electron chi connectivity index (χ0n) is 24.3. The lowest BCUT2D eigenvalue weighted by molar-refractivity contribution is -0.0980. The molecule has 2 aliphatic heterocycles. The van der Waals surface area contributed by atoms with Crippen molar-refractivity contribution in [3.05, 3.63) is 34.9 Å². The molecule has 0 spiro atoms. The number of likely N-dealkylation sites (N-methyl/N-ethyl adjacent to an activating group) is 1. The van der Waals surface area contributed by atoms with E-state index in [4.69, 9.17) is 24.0 Å². The second-order valence-corrected chi connectivity index (χ2v) is 11.1. The minimum Gasteiger partial charge on any atom is -0.493 e. The Morgan fingerprint density at radius 2 is 1.66 bits per heavy atom. The predicted octanol–water partition coefficient (Wildman–Crippen LogP) is 6.50. The summed E-state index contributed by atoms with van der Waals surface area (Å²) in [6, 6.07) is 2.05. The number of hydrogen-bond acceptors (Lipinski definition) is 9. The maximum Gasteiger partial charge on any atom is 0.205 e. The Bertz CT molecular complexity index is 1040. The lowest BCUT2D eigenvalue weighted by Gasteiger charge is -2.34. The molecule has 1 fully saturated rings. The van der Waals surface area contributed by atoms with E-state index in [0.717, 1.165) is 80.8 Å². The first-order valence-corrected chi connectivity index (χ1v) is 14.2. The Hall–Kier alpha value is -1.76. The average molecular weight is 705 g/mol. The standard InChI is InChI=1S/C28H42N4O3S.CH2O.2CH4.HI/c1-20-14-21(2)16-22(15-20)19-36-28-29-25-23(17-24(33-4)26(34-5)27(25)35-6)18-32(28)9-7-8-31-12-10-30(3)11-13-31;1-2;;;/h14-15,17,22H,7-13,16,18-19H2,1-6H3;1H2;2*1H4;1H. The maximum atomic E-state index is 8.00. The lowest BCUT2D eigenvalue weighted by atomic mass is 9.93. The van der Waals surface area contributed by atoms with Gasteiger partial charge in [0.25, 0.3) is 0 Å². The van der Waals surface area contributed by atoms with E-state index < -0.39 is 0 Å². The number of methoxy groups -OCH3 is 3. The minimum absolute atomic E-state index is 0. The molecule has 4 rings (SSSR count). The molecule has 1 atom stereocenters. The van der Waals surface area contributed by atoms with Gasteiger partial charge in [-0.3, -0.25) is 0 Å². The highest BCUT2D eigenvalue weighted by atomic mass is 127. The number of ether oxygens (including phenoxy) is 3. The summed E-state index contributed by atoms with van der Waals surface area (Å²) >= 11 is 1.86. The van der Waals surface area contributed by atoms with Gasteiger partial charge < -0.3 is 33.7 Å². The fraction of sp³-hybridized carbons (Fsp3) is 0.613. The third kappa shape index (κ3) is 10.5. The summed E-state index contributed by atoms with van der Waals surface area (Å²) in [4.78, 5) is 20.6. The quantitative estimate of drug-likeness (QED) is 0.270. The van der Waals surface area contributed by atoms with Crippen LogP contribution in [-0.4, -0.2) is 100 Å². The van der Waals surface area contributed by atoms with Crippen LogP contribution in [0.2, 0.25) is 0 Å². The number of carbonyl (C=O) groups is 1. The first-order chi connectivity index (χ1) is 18.4. The van der Waals surface area contributed by atoms with Gasteiger partial charge in [-0.05, 0) is 52.3 Å². The van der Waals surface area contributed by atoms with Crippen molar-refractivity contribution in [2.24, 2.45) is 10.9 Å². The van der Waals surface area contributed by atoms with E-state index in [1.165, 1.54) is 11.1 Å². The Morgan fingerprint density at radius 1 is 1.00 bits per heavy atom. The van der Waals surface area contributed by atoms with E-state index in [1.807, 2.05) is 18.6 Å². The highest BCUT2D eigenvalue weighted by Gasteiger charge is 2.28. The van der Waals surface area contributed by atoms with Crippen LogP contribution in [-0.2, 0) is 11.3 Å². The van der Waals surface area contributed by atoms with E-state index in [0.29, 0.717) is 23.2 Å². The van der Waals surface area contributed by atoms with Crippen LogP contribution in [0.4, 0.5) is 5.69 Å². The number of benzene rings is 1. The Balaban J connectivity index is 0.00000313. The van der Waals surface area contributed by atoms with Crippen molar-refractivity contribution in [3.8, 4) is 17.2 Å². The number of carbonyl (C=O) groups excluding carboxylic acids is 1.